The molecule has 0 amide bonds. The first-order chi connectivity index (χ1) is 7.74. The molecular weight excluding hydrogens is 240 g/mol. The van der Waals surface area contributed by atoms with E-state index in [0.29, 0.717) is 0 Å². The average molecular weight is 255 g/mol. The first-order valence-electron chi connectivity index (χ1n) is 5.57. The molecule has 1 aromatic carbocycles. The van der Waals surface area contributed by atoms with Gasteiger partial charge in [-0.1, -0.05) is 36.8 Å². The lowest BCUT2D eigenvalue weighted by Crippen LogP contribution is -1.98. The predicted molar refractivity (Wildman–Crippen MR) is 72.8 cm³/mol. The molecule has 0 saturated carbocycles. The van der Waals surface area contributed by atoms with Gasteiger partial charge in [-0.3, -0.25) is 0 Å². The van der Waals surface area contributed by atoms with Crippen LogP contribution >= 0.6 is 22.9 Å². The van der Waals surface area contributed by atoms with Crippen LogP contribution in [0.1, 0.15) is 25.8 Å². The standard InChI is InChI=1S/C12H15ClN2S/c1-3-5-14-12-15-11-9(13)6-8(4-2)7-10(11)16-12/h6-7H,3-5H2,1-2H3,(H,14,15). The Morgan fingerprint density at radius 2 is 2.19 bits per heavy atom. The number of nitrogens with one attached hydrogen (secondary N) is 1. The lowest BCUT2D eigenvalue weighted by atomic mass is 10.2. The number of rotatable bonds is 4. The summed E-state index contributed by atoms with van der Waals surface area (Å²) in [4.78, 5) is 4.50. The summed E-state index contributed by atoms with van der Waals surface area (Å²) in [5.74, 6) is 0. The molecule has 0 fully saturated rings. The van der Waals surface area contributed by atoms with E-state index in [9.17, 15) is 0 Å². The van der Waals surface area contributed by atoms with Gasteiger partial charge in [0.05, 0.1) is 9.72 Å². The van der Waals surface area contributed by atoms with E-state index in [-0.39, 0.29) is 0 Å². The van der Waals surface area contributed by atoms with E-state index in [2.05, 4.69) is 30.2 Å². The zero-order chi connectivity index (χ0) is 11.5. The highest BCUT2D eigenvalue weighted by molar-refractivity contribution is 7.22. The van der Waals surface area contributed by atoms with E-state index < -0.39 is 0 Å². The maximum absolute atomic E-state index is 6.20. The minimum Gasteiger partial charge on any atom is -0.361 e. The lowest BCUT2D eigenvalue weighted by molar-refractivity contribution is 0.977. The van der Waals surface area contributed by atoms with Gasteiger partial charge in [-0.2, -0.15) is 0 Å². The molecule has 2 nitrogen and oxygen atoms in total. The van der Waals surface area contributed by atoms with Crippen molar-refractivity contribution in [3.8, 4) is 0 Å². The summed E-state index contributed by atoms with van der Waals surface area (Å²) < 4.78 is 1.17. The van der Waals surface area contributed by atoms with Crippen molar-refractivity contribution in [3.63, 3.8) is 0 Å². The second-order valence-corrected chi connectivity index (χ2v) is 5.16. The van der Waals surface area contributed by atoms with Crippen molar-refractivity contribution in [2.75, 3.05) is 11.9 Å². The zero-order valence-corrected chi connectivity index (χ0v) is 11.1. The Hall–Kier alpha value is -0.800. The summed E-state index contributed by atoms with van der Waals surface area (Å²) in [6.45, 7) is 5.23. The summed E-state index contributed by atoms with van der Waals surface area (Å²) in [5, 5.41) is 5.02. The first kappa shape index (κ1) is 11.7. The van der Waals surface area contributed by atoms with Crippen LogP contribution in [-0.2, 0) is 6.42 Å². The molecule has 1 aromatic heterocycles. The number of nitrogens with zero attached hydrogens (tertiary/aromatic N) is 1. The molecule has 0 spiro atoms. The Morgan fingerprint density at radius 1 is 1.38 bits per heavy atom. The molecule has 0 radical (unpaired) electrons. The van der Waals surface area contributed by atoms with E-state index in [1.54, 1.807) is 11.3 Å². The quantitative estimate of drug-likeness (QED) is 0.878. The molecule has 4 heteroatoms. The SMILES string of the molecule is CCCNc1nc2c(Cl)cc(CC)cc2s1. The monoisotopic (exact) mass is 254 g/mol. The van der Waals surface area contributed by atoms with Gasteiger partial charge < -0.3 is 5.32 Å². The van der Waals surface area contributed by atoms with E-state index in [4.69, 9.17) is 11.6 Å². The van der Waals surface area contributed by atoms with Crippen LogP contribution in [0.5, 0.6) is 0 Å². The van der Waals surface area contributed by atoms with Gasteiger partial charge in [0.2, 0.25) is 0 Å². The number of fused-ring (bicyclic) bond motifs is 1. The number of anilines is 1. The van der Waals surface area contributed by atoms with Gasteiger partial charge >= 0.3 is 0 Å². The smallest absolute Gasteiger partial charge is 0.183 e. The molecule has 0 bridgehead atoms. The number of aryl methyl sites for hydroxylation is 1. The highest BCUT2D eigenvalue weighted by atomic mass is 35.5. The fraction of sp³-hybridized carbons (Fsp3) is 0.417. The fourth-order valence-electron chi connectivity index (χ4n) is 1.55. The largest absolute Gasteiger partial charge is 0.361 e. The normalized spacial score (nSPS) is 10.9. The van der Waals surface area contributed by atoms with Gasteiger partial charge in [0.15, 0.2) is 5.13 Å². The molecule has 2 rings (SSSR count). The molecule has 0 aliphatic heterocycles. The number of halogens is 1. The van der Waals surface area contributed by atoms with E-state index >= 15 is 0 Å². The van der Waals surface area contributed by atoms with Gasteiger partial charge in [-0.05, 0) is 30.5 Å². The summed E-state index contributed by atoms with van der Waals surface area (Å²) in [6.07, 6.45) is 2.11. The molecule has 2 aromatic rings. The number of aromatic nitrogens is 1. The maximum Gasteiger partial charge on any atom is 0.183 e. The van der Waals surface area contributed by atoms with Crippen molar-refractivity contribution in [2.45, 2.75) is 26.7 Å². The number of hydrogen-bond donors (Lipinski definition) is 1. The minimum absolute atomic E-state index is 0.759. The van der Waals surface area contributed by atoms with E-state index in [0.717, 1.165) is 35.1 Å². The van der Waals surface area contributed by atoms with Gasteiger partial charge in [0, 0.05) is 6.54 Å². The van der Waals surface area contributed by atoms with Crippen molar-refractivity contribution in [1.29, 1.82) is 0 Å². The fourth-order valence-corrected chi connectivity index (χ4v) is 2.88. The van der Waals surface area contributed by atoms with E-state index in [1.165, 1.54) is 10.3 Å². The average Bonchev–Trinajstić information content (AvgIpc) is 2.69. The van der Waals surface area contributed by atoms with Gasteiger partial charge in [-0.25, -0.2) is 4.98 Å². The second kappa shape index (κ2) is 5.02. The first-order valence-corrected chi connectivity index (χ1v) is 6.76. The molecule has 16 heavy (non-hydrogen) atoms. The third-order valence-electron chi connectivity index (χ3n) is 2.44. The highest BCUT2D eigenvalue weighted by Crippen LogP contribution is 2.32. The molecule has 0 saturated heterocycles. The Bertz CT molecular complexity index is 493. The molecular formula is C12H15ClN2S. The molecule has 0 atom stereocenters. The summed E-state index contributed by atoms with van der Waals surface area (Å²) >= 11 is 7.88. The maximum atomic E-state index is 6.20. The number of thiazole rings is 1. The molecule has 0 aliphatic carbocycles. The summed E-state index contributed by atoms with van der Waals surface area (Å²) in [5.41, 5.74) is 2.19. The van der Waals surface area contributed by atoms with Crippen LogP contribution in [-0.4, -0.2) is 11.5 Å². The van der Waals surface area contributed by atoms with Gasteiger partial charge in [0.1, 0.15) is 5.52 Å². The van der Waals surface area contributed by atoms with Crippen LogP contribution in [0.25, 0.3) is 10.2 Å². The van der Waals surface area contributed by atoms with E-state index in [1.807, 2.05) is 6.07 Å². The number of hydrogen-bond acceptors (Lipinski definition) is 3. The minimum atomic E-state index is 0.759. The lowest BCUT2D eigenvalue weighted by Gasteiger charge is -1.97. The molecule has 1 N–H and O–H groups in total. The van der Waals surface area contributed by atoms with Crippen molar-refractivity contribution in [3.05, 3.63) is 22.7 Å². The Labute approximate surface area is 105 Å². The van der Waals surface area contributed by atoms with Crippen LogP contribution in [0.2, 0.25) is 5.02 Å². The second-order valence-electron chi connectivity index (χ2n) is 3.72. The zero-order valence-electron chi connectivity index (χ0n) is 9.51. The van der Waals surface area contributed by atoms with Crippen molar-refractivity contribution < 1.29 is 0 Å². The number of benzene rings is 1. The Kier molecular flexibility index (Phi) is 3.66. The Morgan fingerprint density at radius 3 is 2.88 bits per heavy atom. The van der Waals surface area contributed by atoms with Crippen LogP contribution in [0.4, 0.5) is 5.13 Å². The van der Waals surface area contributed by atoms with Crippen molar-refractivity contribution >= 4 is 38.3 Å². The third kappa shape index (κ3) is 2.30. The van der Waals surface area contributed by atoms with Gasteiger partial charge in [-0.15, -0.1) is 0 Å². The van der Waals surface area contributed by atoms with Crippen LogP contribution in [0, 0.1) is 0 Å². The molecule has 1 heterocycles. The topological polar surface area (TPSA) is 24.9 Å². The summed E-state index contributed by atoms with van der Waals surface area (Å²) in [6, 6.07) is 4.18. The predicted octanol–water partition coefficient (Wildman–Crippen LogP) is 4.33. The molecule has 0 aliphatic rings. The van der Waals surface area contributed by atoms with Crippen LogP contribution in [0.3, 0.4) is 0 Å². The third-order valence-corrected chi connectivity index (χ3v) is 3.69. The molecule has 0 unspecified atom stereocenters. The van der Waals surface area contributed by atoms with Crippen molar-refractivity contribution in [2.24, 2.45) is 0 Å². The highest BCUT2D eigenvalue weighted by Gasteiger charge is 2.08. The Balaban J connectivity index is 2.40. The van der Waals surface area contributed by atoms with Crippen LogP contribution in [0.15, 0.2) is 12.1 Å². The summed E-state index contributed by atoms with van der Waals surface area (Å²) in [7, 11) is 0. The van der Waals surface area contributed by atoms with Crippen LogP contribution < -0.4 is 5.32 Å². The van der Waals surface area contributed by atoms with Gasteiger partial charge in [0.25, 0.3) is 0 Å². The molecule has 86 valence electrons. The van der Waals surface area contributed by atoms with Crippen molar-refractivity contribution in [1.82, 2.24) is 4.98 Å².